The van der Waals surface area contributed by atoms with E-state index in [4.69, 9.17) is 4.99 Å². The van der Waals surface area contributed by atoms with E-state index < -0.39 is 10.0 Å². The van der Waals surface area contributed by atoms with Gasteiger partial charge in [0.05, 0.1) is 17.6 Å². The highest BCUT2D eigenvalue weighted by Crippen LogP contribution is 2.26. The number of halogens is 1. The zero-order chi connectivity index (χ0) is 22.6. The largest absolute Gasteiger partial charge is 0.357 e. The molecule has 1 aliphatic rings. The Labute approximate surface area is 209 Å². The Morgan fingerprint density at radius 3 is 2.56 bits per heavy atom. The summed E-state index contributed by atoms with van der Waals surface area (Å²) < 4.78 is 28.5. The van der Waals surface area contributed by atoms with Crippen LogP contribution in [-0.2, 0) is 23.6 Å². The predicted molar refractivity (Wildman–Crippen MR) is 139 cm³/mol. The summed E-state index contributed by atoms with van der Waals surface area (Å²) in [4.78, 5) is 7.40. The number of guanidine groups is 1. The third-order valence-electron chi connectivity index (χ3n) is 5.76. The smallest absolute Gasteiger partial charge is 0.243 e. The molecular formula is C22H35IN6O2S. The van der Waals surface area contributed by atoms with Gasteiger partial charge < -0.3 is 10.2 Å². The number of aliphatic imine (C=N–C) groups is 1. The highest BCUT2D eigenvalue weighted by Gasteiger charge is 2.27. The zero-order valence-electron chi connectivity index (χ0n) is 19.5. The third kappa shape index (κ3) is 6.22. The van der Waals surface area contributed by atoms with E-state index in [9.17, 15) is 8.42 Å². The fourth-order valence-electron chi connectivity index (χ4n) is 3.68. The molecule has 0 bridgehead atoms. The maximum atomic E-state index is 12.6. The van der Waals surface area contributed by atoms with Crippen LogP contribution >= 0.6 is 24.0 Å². The standard InChI is InChI=1S/C22H34N6O2S.HI/c1-6-23-22(28-12-11-19(16-28)20-14-25-26(4)15-20)24-13-18-7-9-21(10-8-18)31(29,30)27(5)17(2)3;/h7-10,14-15,17,19H,6,11-13,16H2,1-5H3,(H,23,24);1H. The molecule has 0 aliphatic carbocycles. The second-order valence-electron chi connectivity index (χ2n) is 8.31. The maximum Gasteiger partial charge on any atom is 0.243 e. The van der Waals surface area contributed by atoms with Crippen molar-refractivity contribution >= 4 is 40.0 Å². The molecule has 3 rings (SSSR count). The number of rotatable bonds is 7. The second-order valence-corrected chi connectivity index (χ2v) is 10.3. The Morgan fingerprint density at radius 2 is 2.00 bits per heavy atom. The van der Waals surface area contributed by atoms with E-state index in [1.54, 1.807) is 19.2 Å². The van der Waals surface area contributed by atoms with Crippen LogP contribution in [-0.4, -0.2) is 66.1 Å². The van der Waals surface area contributed by atoms with Crippen LogP contribution in [0.1, 0.15) is 44.2 Å². The number of nitrogens with zero attached hydrogens (tertiary/aromatic N) is 5. The van der Waals surface area contributed by atoms with Crippen LogP contribution in [0, 0.1) is 0 Å². The van der Waals surface area contributed by atoms with Crippen molar-refractivity contribution in [3.8, 4) is 0 Å². The van der Waals surface area contributed by atoms with Gasteiger partial charge in [0, 0.05) is 51.9 Å². The van der Waals surface area contributed by atoms with Crippen LogP contribution in [0.2, 0.25) is 0 Å². The summed E-state index contributed by atoms with van der Waals surface area (Å²) in [6, 6.07) is 6.93. The van der Waals surface area contributed by atoms with E-state index in [1.807, 2.05) is 43.9 Å². The Bertz CT molecular complexity index is 1000. The number of aromatic nitrogens is 2. The Kier molecular flexibility index (Phi) is 9.53. The molecule has 2 heterocycles. The number of benzene rings is 1. The lowest BCUT2D eigenvalue weighted by Gasteiger charge is -2.22. The molecule has 0 radical (unpaired) electrons. The first-order chi connectivity index (χ1) is 14.7. The van der Waals surface area contributed by atoms with Gasteiger partial charge in [0.25, 0.3) is 0 Å². The summed E-state index contributed by atoms with van der Waals surface area (Å²) >= 11 is 0. The number of likely N-dealkylation sites (tertiary alicyclic amines) is 1. The minimum absolute atomic E-state index is 0. The minimum Gasteiger partial charge on any atom is -0.357 e. The van der Waals surface area contributed by atoms with Crippen LogP contribution in [0.5, 0.6) is 0 Å². The van der Waals surface area contributed by atoms with Gasteiger partial charge >= 0.3 is 0 Å². The lowest BCUT2D eigenvalue weighted by atomic mass is 10.0. The van der Waals surface area contributed by atoms with Gasteiger partial charge in [-0.2, -0.15) is 9.40 Å². The van der Waals surface area contributed by atoms with E-state index in [2.05, 4.69) is 28.4 Å². The van der Waals surface area contributed by atoms with Crippen molar-refractivity contribution in [2.45, 2.75) is 50.6 Å². The summed E-state index contributed by atoms with van der Waals surface area (Å²) in [7, 11) is 0.0818. The highest BCUT2D eigenvalue weighted by atomic mass is 127. The van der Waals surface area contributed by atoms with Crippen LogP contribution in [0.4, 0.5) is 0 Å². The van der Waals surface area contributed by atoms with Gasteiger partial charge in [0.15, 0.2) is 5.96 Å². The average Bonchev–Trinajstić information content (AvgIpc) is 3.40. The molecule has 1 N–H and O–H groups in total. The van der Waals surface area contributed by atoms with E-state index in [0.717, 1.165) is 37.6 Å². The average molecular weight is 575 g/mol. The summed E-state index contributed by atoms with van der Waals surface area (Å²) in [6.45, 7) is 8.94. The van der Waals surface area contributed by atoms with Crippen molar-refractivity contribution in [2.75, 3.05) is 26.7 Å². The van der Waals surface area contributed by atoms with Crippen LogP contribution in [0.3, 0.4) is 0 Å². The summed E-state index contributed by atoms with van der Waals surface area (Å²) in [5.74, 6) is 1.35. The van der Waals surface area contributed by atoms with E-state index in [1.165, 1.54) is 9.87 Å². The molecule has 178 valence electrons. The second kappa shape index (κ2) is 11.5. The van der Waals surface area contributed by atoms with Crippen molar-refractivity contribution in [1.29, 1.82) is 0 Å². The molecule has 1 fully saturated rings. The first-order valence-electron chi connectivity index (χ1n) is 10.8. The van der Waals surface area contributed by atoms with E-state index in [-0.39, 0.29) is 30.0 Å². The fourth-order valence-corrected chi connectivity index (χ4v) is 5.05. The van der Waals surface area contributed by atoms with Crippen molar-refractivity contribution in [2.24, 2.45) is 12.0 Å². The van der Waals surface area contributed by atoms with E-state index in [0.29, 0.717) is 17.4 Å². The molecule has 32 heavy (non-hydrogen) atoms. The van der Waals surface area contributed by atoms with Gasteiger partial charge in [-0.05, 0) is 50.5 Å². The third-order valence-corrected chi connectivity index (χ3v) is 7.81. The topological polar surface area (TPSA) is 82.8 Å². The SMILES string of the molecule is CCNC(=NCc1ccc(S(=O)(=O)N(C)C(C)C)cc1)N1CCC(c2cnn(C)c2)C1.I. The number of sulfonamides is 1. The Balaban J connectivity index is 0.00000363. The number of aryl methyl sites for hydroxylation is 1. The van der Waals surface area contributed by atoms with Crippen LogP contribution < -0.4 is 5.32 Å². The van der Waals surface area contributed by atoms with E-state index >= 15 is 0 Å². The fraction of sp³-hybridized carbons (Fsp3) is 0.545. The lowest BCUT2D eigenvalue weighted by Crippen LogP contribution is -2.40. The Morgan fingerprint density at radius 1 is 1.31 bits per heavy atom. The maximum absolute atomic E-state index is 12.6. The van der Waals surface area contributed by atoms with Crippen LogP contribution in [0.25, 0.3) is 0 Å². The molecule has 10 heteroatoms. The number of nitrogens with one attached hydrogen (secondary N) is 1. The quantitative estimate of drug-likeness (QED) is 0.313. The molecule has 1 aromatic carbocycles. The first kappa shape index (κ1) is 26.6. The minimum atomic E-state index is -3.47. The Hall–Kier alpha value is -1.66. The van der Waals surface area contributed by atoms with Gasteiger partial charge in [-0.3, -0.25) is 4.68 Å². The summed E-state index contributed by atoms with van der Waals surface area (Å²) in [6.07, 6.45) is 5.11. The number of hydrogen-bond donors (Lipinski definition) is 1. The molecule has 8 nitrogen and oxygen atoms in total. The van der Waals surface area contributed by atoms with Crippen molar-refractivity contribution < 1.29 is 8.42 Å². The van der Waals surface area contributed by atoms with Crippen molar-refractivity contribution in [3.63, 3.8) is 0 Å². The molecule has 2 aromatic rings. The predicted octanol–water partition coefficient (Wildman–Crippen LogP) is 3.02. The monoisotopic (exact) mass is 574 g/mol. The van der Waals surface area contributed by atoms with Gasteiger partial charge in [0.1, 0.15) is 0 Å². The van der Waals surface area contributed by atoms with Crippen LogP contribution in [0.15, 0.2) is 46.5 Å². The molecule has 1 aromatic heterocycles. The van der Waals surface area contributed by atoms with Gasteiger partial charge in [-0.1, -0.05) is 12.1 Å². The molecule has 0 spiro atoms. The van der Waals surface area contributed by atoms with Crippen molar-refractivity contribution in [1.82, 2.24) is 24.3 Å². The zero-order valence-corrected chi connectivity index (χ0v) is 22.7. The number of hydrogen-bond acceptors (Lipinski definition) is 4. The van der Waals surface area contributed by atoms with Crippen molar-refractivity contribution in [3.05, 3.63) is 47.8 Å². The molecule has 1 atom stereocenters. The van der Waals surface area contributed by atoms with Gasteiger partial charge in [-0.15, -0.1) is 24.0 Å². The van der Waals surface area contributed by atoms with Gasteiger partial charge in [-0.25, -0.2) is 13.4 Å². The lowest BCUT2D eigenvalue weighted by molar-refractivity contribution is 0.410. The van der Waals surface area contributed by atoms with Gasteiger partial charge in [0.2, 0.25) is 10.0 Å². The summed E-state index contributed by atoms with van der Waals surface area (Å²) in [5.41, 5.74) is 2.24. The summed E-state index contributed by atoms with van der Waals surface area (Å²) in [5, 5.41) is 7.68. The molecule has 1 unspecified atom stereocenters. The molecule has 1 aliphatic heterocycles. The molecule has 1 saturated heterocycles. The molecule has 0 amide bonds. The normalized spacial score (nSPS) is 17.2. The highest BCUT2D eigenvalue weighted by molar-refractivity contribution is 14.0. The molecule has 0 saturated carbocycles. The first-order valence-corrected chi connectivity index (χ1v) is 12.2. The molecular weight excluding hydrogens is 539 g/mol.